The Morgan fingerprint density at radius 1 is 1.39 bits per heavy atom. The average Bonchev–Trinajstić information content (AvgIpc) is 2.72. The number of thiocarbonyl (C=S) groups is 1. The van der Waals surface area contributed by atoms with Crippen LogP contribution in [0.5, 0.6) is 0 Å². The van der Waals surface area contributed by atoms with E-state index in [4.69, 9.17) is 12.2 Å². The van der Waals surface area contributed by atoms with E-state index in [0.717, 1.165) is 9.78 Å². The molecule has 0 N–H and O–H groups in total. The minimum absolute atomic E-state index is 0.0188. The van der Waals surface area contributed by atoms with Crippen molar-refractivity contribution in [1.29, 1.82) is 0 Å². The highest BCUT2D eigenvalue weighted by Crippen LogP contribution is 2.37. The van der Waals surface area contributed by atoms with E-state index in [2.05, 4.69) is 6.07 Å². The van der Waals surface area contributed by atoms with Crippen LogP contribution in [-0.4, -0.2) is 20.7 Å². The highest BCUT2D eigenvalue weighted by Gasteiger charge is 2.39. The van der Waals surface area contributed by atoms with E-state index >= 15 is 0 Å². The van der Waals surface area contributed by atoms with Crippen LogP contribution in [-0.2, 0) is 4.79 Å². The summed E-state index contributed by atoms with van der Waals surface area (Å²) in [6.07, 6.45) is 1.95. The molecule has 2 nitrogen and oxygen atoms in total. The van der Waals surface area contributed by atoms with Crippen molar-refractivity contribution in [2.24, 2.45) is 0 Å². The Morgan fingerprint density at radius 3 is 2.50 bits per heavy atom. The van der Waals surface area contributed by atoms with Gasteiger partial charge in [-0.05, 0) is 50.8 Å². The first-order valence-electron chi connectivity index (χ1n) is 5.63. The van der Waals surface area contributed by atoms with Crippen molar-refractivity contribution in [3.63, 3.8) is 0 Å². The molecule has 1 saturated heterocycles. The lowest BCUT2D eigenvalue weighted by molar-refractivity contribution is -0.125. The molecular weight excluding hydrogens is 282 g/mol. The highest BCUT2D eigenvalue weighted by atomic mass is 32.2. The van der Waals surface area contributed by atoms with Gasteiger partial charge in [0.05, 0.1) is 4.91 Å². The maximum atomic E-state index is 12.4. The normalized spacial score (nSPS) is 19.1. The van der Waals surface area contributed by atoms with E-state index in [1.165, 1.54) is 17.3 Å². The Balaban J connectivity index is 2.34. The van der Waals surface area contributed by atoms with Crippen LogP contribution in [0.4, 0.5) is 0 Å². The zero-order chi connectivity index (χ0) is 13.5. The van der Waals surface area contributed by atoms with Crippen molar-refractivity contribution < 1.29 is 4.79 Å². The van der Waals surface area contributed by atoms with Crippen LogP contribution < -0.4 is 0 Å². The predicted molar refractivity (Wildman–Crippen MR) is 83.8 cm³/mol. The van der Waals surface area contributed by atoms with E-state index in [1.807, 2.05) is 39.2 Å². The average molecular weight is 297 g/mol. The maximum Gasteiger partial charge on any atom is 0.266 e. The number of amides is 1. The molecule has 5 heteroatoms. The van der Waals surface area contributed by atoms with Gasteiger partial charge in [-0.15, -0.1) is 11.3 Å². The summed E-state index contributed by atoms with van der Waals surface area (Å²) in [6, 6.07) is 2.06. The number of hydrogen-bond acceptors (Lipinski definition) is 4. The first-order valence-corrected chi connectivity index (χ1v) is 7.73. The molecule has 0 unspecified atom stereocenters. The molecule has 0 radical (unpaired) electrons. The molecule has 0 spiro atoms. The topological polar surface area (TPSA) is 20.3 Å². The molecule has 0 saturated carbocycles. The number of nitrogens with zero attached hydrogens (tertiary/aromatic N) is 1. The Bertz CT molecular complexity index is 537. The molecule has 1 aromatic heterocycles. The van der Waals surface area contributed by atoms with Gasteiger partial charge < -0.3 is 0 Å². The van der Waals surface area contributed by atoms with Gasteiger partial charge in [0.15, 0.2) is 0 Å². The van der Waals surface area contributed by atoms with Crippen LogP contribution in [0.3, 0.4) is 0 Å². The second-order valence-electron chi connectivity index (χ2n) is 5.16. The number of thioether (sulfide) groups is 1. The van der Waals surface area contributed by atoms with Crippen LogP contribution in [0.25, 0.3) is 6.08 Å². The van der Waals surface area contributed by atoms with Gasteiger partial charge in [0, 0.05) is 10.4 Å². The van der Waals surface area contributed by atoms with Crippen molar-refractivity contribution in [1.82, 2.24) is 4.90 Å². The van der Waals surface area contributed by atoms with Crippen LogP contribution in [0.2, 0.25) is 0 Å². The van der Waals surface area contributed by atoms with E-state index in [9.17, 15) is 4.79 Å². The monoisotopic (exact) mass is 297 g/mol. The van der Waals surface area contributed by atoms with Crippen LogP contribution >= 0.6 is 35.3 Å². The quantitative estimate of drug-likeness (QED) is 0.576. The SMILES string of the molecule is Cc1ccsc1/C=C1/SC(=S)N(C(C)(C)C)C1=O. The third-order valence-electron chi connectivity index (χ3n) is 2.63. The minimum atomic E-state index is -0.263. The third-order valence-corrected chi connectivity index (χ3v) is 4.90. The summed E-state index contributed by atoms with van der Waals surface area (Å²) in [5.41, 5.74) is 0.933. The molecule has 96 valence electrons. The van der Waals surface area contributed by atoms with Crippen molar-refractivity contribution in [2.75, 3.05) is 0 Å². The Morgan fingerprint density at radius 2 is 2.06 bits per heavy atom. The second-order valence-corrected chi connectivity index (χ2v) is 7.78. The molecule has 1 aliphatic rings. The Labute approximate surface area is 121 Å². The van der Waals surface area contributed by atoms with Gasteiger partial charge in [0.1, 0.15) is 4.32 Å². The molecule has 0 bridgehead atoms. The third kappa shape index (κ3) is 2.53. The molecule has 1 amide bonds. The zero-order valence-corrected chi connectivity index (χ0v) is 13.3. The van der Waals surface area contributed by atoms with Gasteiger partial charge in [0.25, 0.3) is 5.91 Å². The van der Waals surface area contributed by atoms with Gasteiger partial charge in [-0.1, -0.05) is 24.0 Å². The maximum absolute atomic E-state index is 12.4. The van der Waals surface area contributed by atoms with E-state index in [0.29, 0.717) is 4.32 Å². The lowest BCUT2D eigenvalue weighted by Crippen LogP contribution is -2.44. The Hall–Kier alpha value is -0.650. The Kier molecular flexibility index (Phi) is 3.67. The molecule has 1 aromatic rings. The van der Waals surface area contributed by atoms with Gasteiger partial charge in [-0.3, -0.25) is 9.69 Å². The van der Waals surface area contributed by atoms with Gasteiger partial charge in [-0.25, -0.2) is 0 Å². The fraction of sp³-hybridized carbons (Fsp3) is 0.385. The van der Waals surface area contributed by atoms with E-state index < -0.39 is 0 Å². The molecule has 0 aliphatic carbocycles. The summed E-state index contributed by atoms with van der Waals surface area (Å²) >= 11 is 8.34. The van der Waals surface area contributed by atoms with E-state index in [1.54, 1.807) is 16.2 Å². The van der Waals surface area contributed by atoms with Crippen molar-refractivity contribution in [2.45, 2.75) is 33.2 Å². The number of carbonyl (C=O) groups excluding carboxylic acids is 1. The second kappa shape index (κ2) is 4.79. The van der Waals surface area contributed by atoms with E-state index in [-0.39, 0.29) is 11.4 Å². The molecular formula is C13H15NOS3. The molecule has 0 aromatic carbocycles. The molecule has 18 heavy (non-hydrogen) atoms. The van der Waals surface area contributed by atoms with Crippen LogP contribution in [0, 0.1) is 6.92 Å². The lowest BCUT2D eigenvalue weighted by atomic mass is 10.1. The van der Waals surface area contributed by atoms with Crippen molar-refractivity contribution in [3.05, 3.63) is 26.8 Å². The van der Waals surface area contributed by atoms with Crippen molar-refractivity contribution in [3.8, 4) is 0 Å². The predicted octanol–water partition coefficient (Wildman–Crippen LogP) is 4.06. The summed E-state index contributed by atoms with van der Waals surface area (Å²) in [7, 11) is 0. The van der Waals surface area contributed by atoms with Crippen LogP contribution in [0.15, 0.2) is 16.4 Å². The summed E-state index contributed by atoms with van der Waals surface area (Å²) in [5.74, 6) is 0.0188. The lowest BCUT2D eigenvalue weighted by Gasteiger charge is -2.30. The van der Waals surface area contributed by atoms with Crippen molar-refractivity contribution >= 4 is 51.6 Å². The number of carbonyl (C=O) groups is 1. The van der Waals surface area contributed by atoms with Gasteiger partial charge >= 0.3 is 0 Å². The zero-order valence-electron chi connectivity index (χ0n) is 10.8. The largest absolute Gasteiger partial charge is 0.288 e. The van der Waals surface area contributed by atoms with Gasteiger partial charge in [0.2, 0.25) is 0 Å². The summed E-state index contributed by atoms with van der Waals surface area (Å²) in [4.78, 5) is 15.9. The first-order chi connectivity index (χ1) is 8.30. The summed E-state index contributed by atoms with van der Waals surface area (Å²) in [5, 5.41) is 2.03. The fourth-order valence-electron chi connectivity index (χ4n) is 1.70. The molecule has 1 aliphatic heterocycles. The first kappa shape index (κ1) is 13.8. The summed E-state index contributed by atoms with van der Waals surface area (Å²) in [6.45, 7) is 8.04. The number of rotatable bonds is 1. The number of hydrogen-bond donors (Lipinski definition) is 0. The van der Waals surface area contributed by atoms with Gasteiger partial charge in [-0.2, -0.15) is 0 Å². The van der Waals surface area contributed by atoms with Crippen LogP contribution in [0.1, 0.15) is 31.2 Å². The number of aryl methyl sites for hydroxylation is 1. The molecule has 2 heterocycles. The number of thiophene rings is 1. The summed E-state index contributed by atoms with van der Waals surface area (Å²) < 4.78 is 0.646. The minimum Gasteiger partial charge on any atom is -0.288 e. The highest BCUT2D eigenvalue weighted by molar-refractivity contribution is 8.26. The molecule has 0 atom stereocenters. The molecule has 2 rings (SSSR count). The fourth-order valence-corrected chi connectivity index (χ4v) is 4.25. The smallest absolute Gasteiger partial charge is 0.266 e. The molecule has 1 fully saturated rings. The standard InChI is InChI=1S/C13H15NOS3/c1-8-5-6-17-9(8)7-10-11(15)14(12(16)18-10)13(2,3)4/h5-7H,1-4H3/b10-7+.